The lowest BCUT2D eigenvalue weighted by Crippen LogP contribution is -2.59. The first-order chi connectivity index (χ1) is 10.5. The maximum atomic E-state index is 11.1. The predicted molar refractivity (Wildman–Crippen MR) is 94.0 cm³/mol. The molecule has 1 unspecified atom stereocenters. The Labute approximate surface area is 141 Å². The van der Waals surface area contributed by atoms with Gasteiger partial charge in [-0.25, -0.2) is 0 Å². The van der Waals surface area contributed by atoms with Crippen LogP contribution in [0.2, 0.25) is 0 Å². The Morgan fingerprint density at radius 2 is 1.87 bits per heavy atom. The van der Waals surface area contributed by atoms with Crippen molar-refractivity contribution >= 4 is 0 Å². The fourth-order valence-electron chi connectivity index (χ4n) is 5.80. The molecule has 2 aliphatic carbocycles. The van der Waals surface area contributed by atoms with Crippen LogP contribution in [-0.4, -0.2) is 33.1 Å². The number of rotatable bonds is 5. The Bertz CT molecular complexity index is 442. The molecule has 0 amide bonds. The van der Waals surface area contributed by atoms with Gasteiger partial charge in [0.15, 0.2) is 0 Å². The third-order valence-electron chi connectivity index (χ3n) is 7.33. The summed E-state index contributed by atoms with van der Waals surface area (Å²) >= 11 is 0. The van der Waals surface area contributed by atoms with Crippen LogP contribution in [0, 0.1) is 22.7 Å². The Hall–Kier alpha value is -0.380. The van der Waals surface area contributed by atoms with E-state index in [0.717, 1.165) is 38.5 Å². The van der Waals surface area contributed by atoms with Crippen LogP contribution in [0.25, 0.3) is 0 Å². The Morgan fingerprint density at radius 3 is 2.43 bits per heavy atom. The number of aliphatic hydroxyl groups excluding tert-OH is 1. The summed E-state index contributed by atoms with van der Waals surface area (Å²) in [4.78, 5) is 0. The molecule has 0 heterocycles. The van der Waals surface area contributed by atoms with Crippen LogP contribution in [-0.2, 0) is 0 Å². The molecule has 2 saturated carbocycles. The molecule has 0 aromatic carbocycles. The van der Waals surface area contributed by atoms with Gasteiger partial charge < -0.3 is 15.3 Å². The SMILES string of the molecule is C=CC(C)(O)CC[C@@H]1[C@@]2(C)CCC[C@](C)(CO)[C@@H]2CC[C@]1(C)O. The van der Waals surface area contributed by atoms with Crippen molar-refractivity contribution in [2.75, 3.05) is 6.61 Å². The van der Waals surface area contributed by atoms with E-state index < -0.39 is 11.2 Å². The summed E-state index contributed by atoms with van der Waals surface area (Å²) in [6, 6.07) is 0. The molecule has 2 rings (SSSR count). The predicted octanol–water partition coefficient (Wildman–Crippen LogP) is 3.67. The zero-order valence-corrected chi connectivity index (χ0v) is 15.4. The van der Waals surface area contributed by atoms with Crippen molar-refractivity contribution in [2.24, 2.45) is 22.7 Å². The Kier molecular flexibility index (Phi) is 5.08. The standard InChI is InChI=1S/C20H36O3/c1-6-18(3,22)12-8-16-19(4)11-7-10-17(2,14-21)15(19)9-13-20(16,5)23/h6,15-16,21-23H,1,7-14H2,2-5H3/t15-,16+,17+,18?,19-,20-/m0/s1. The molecule has 0 aromatic heterocycles. The summed E-state index contributed by atoms with van der Waals surface area (Å²) in [7, 11) is 0. The van der Waals surface area contributed by atoms with Gasteiger partial charge in [-0.3, -0.25) is 0 Å². The molecule has 134 valence electrons. The molecule has 0 aromatic rings. The van der Waals surface area contributed by atoms with Gasteiger partial charge in [-0.1, -0.05) is 26.3 Å². The van der Waals surface area contributed by atoms with E-state index >= 15 is 0 Å². The number of hydrogen-bond donors (Lipinski definition) is 3. The first-order valence-electron chi connectivity index (χ1n) is 9.20. The highest BCUT2D eigenvalue weighted by atomic mass is 16.3. The smallest absolute Gasteiger partial charge is 0.0797 e. The van der Waals surface area contributed by atoms with Gasteiger partial charge in [-0.15, -0.1) is 6.58 Å². The summed E-state index contributed by atoms with van der Waals surface area (Å²) < 4.78 is 0. The molecular weight excluding hydrogens is 288 g/mol. The van der Waals surface area contributed by atoms with E-state index in [2.05, 4.69) is 20.4 Å². The highest BCUT2D eigenvalue weighted by Gasteiger charge is 2.58. The highest BCUT2D eigenvalue weighted by Crippen LogP contribution is 2.63. The van der Waals surface area contributed by atoms with Crippen molar-refractivity contribution in [3.05, 3.63) is 12.7 Å². The van der Waals surface area contributed by atoms with Crippen LogP contribution in [0.1, 0.15) is 72.6 Å². The van der Waals surface area contributed by atoms with Crippen molar-refractivity contribution in [1.82, 2.24) is 0 Å². The van der Waals surface area contributed by atoms with Crippen LogP contribution in [0.15, 0.2) is 12.7 Å². The highest BCUT2D eigenvalue weighted by molar-refractivity contribution is 5.09. The van der Waals surface area contributed by atoms with E-state index in [1.807, 2.05) is 6.92 Å². The van der Waals surface area contributed by atoms with E-state index in [1.54, 1.807) is 13.0 Å². The van der Waals surface area contributed by atoms with Gasteiger partial charge in [0.25, 0.3) is 0 Å². The third-order valence-corrected chi connectivity index (χ3v) is 7.33. The van der Waals surface area contributed by atoms with Gasteiger partial charge in [-0.2, -0.15) is 0 Å². The van der Waals surface area contributed by atoms with E-state index in [9.17, 15) is 15.3 Å². The molecule has 3 N–H and O–H groups in total. The summed E-state index contributed by atoms with van der Waals surface area (Å²) in [6.07, 6.45) is 8.06. The van der Waals surface area contributed by atoms with Crippen LogP contribution in [0.5, 0.6) is 0 Å². The second-order valence-electron chi connectivity index (χ2n) is 9.27. The summed E-state index contributed by atoms with van der Waals surface area (Å²) in [5.41, 5.74) is -1.60. The quantitative estimate of drug-likeness (QED) is 0.676. The average Bonchev–Trinajstić information content (AvgIpc) is 2.45. The topological polar surface area (TPSA) is 60.7 Å². The summed E-state index contributed by atoms with van der Waals surface area (Å²) in [5.74, 6) is 0.582. The monoisotopic (exact) mass is 324 g/mol. The lowest BCUT2D eigenvalue weighted by atomic mass is 9.45. The van der Waals surface area contributed by atoms with Gasteiger partial charge in [0.2, 0.25) is 0 Å². The number of hydrogen-bond acceptors (Lipinski definition) is 3. The van der Waals surface area contributed by atoms with Gasteiger partial charge in [0.05, 0.1) is 11.2 Å². The van der Waals surface area contributed by atoms with E-state index in [4.69, 9.17) is 0 Å². The molecule has 0 bridgehead atoms. The molecule has 23 heavy (non-hydrogen) atoms. The molecule has 0 aliphatic heterocycles. The molecule has 0 spiro atoms. The van der Waals surface area contributed by atoms with Crippen molar-refractivity contribution in [1.29, 1.82) is 0 Å². The van der Waals surface area contributed by atoms with Crippen LogP contribution in [0.3, 0.4) is 0 Å². The Morgan fingerprint density at radius 1 is 1.22 bits per heavy atom. The van der Waals surface area contributed by atoms with Crippen LogP contribution < -0.4 is 0 Å². The first kappa shape index (κ1) is 19.0. The zero-order valence-electron chi connectivity index (χ0n) is 15.4. The summed E-state index contributed by atoms with van der Waals surface area (Å²) in [5, 5.41) is 31.4. The number of fused-ring (bicyclic) bond motifs is 1. The van der Waals surface area contributed by atoms with Crippen LogP contribution >= 0.6 is 0 Å². The Balaban J connectivity index is 2.30. The van der Waals surface area contributed by atoms with Crippen molar-refractivity contribution in [2.45, 2.75) is 83.8 Å². The van der Waals surface area contributed by atoms with Crippen molar-refractivity contribution in [3.8, 4) is 0 Å². The molecule has 0 saturated heterocycles. The summed E-state index contributed by atoms with van der Waals surface area (Å²) in [6.45, 7) is 12.2. The molecule has 3 nitrogen and oxygen atoms in total. The second-order valence-corrected chi connectivity index (χ2v) is 9.27. The molecule has 3 heteroatoms. The van der Waals surface area contributed by atoms with Gasteiger partial charge in [0.1, 0.15) is 0 Å². The van der Waals surface area contributed by atoms with E-state index in [0.29, 0.717) is 12.3 Å². The van der Waals surface area contributed by atoms with Crippen molar-refractivity contribution < 1.29 is 15.3 Å². The average molecular weight is 325 g/mol. The fraction of sp³-hybridized carbons (Fsp3) is 0.900. The molecule has 0 radical (unpaired) electrons. The first-order valence-corrected chi connectivity index (χ1v) is 9.20. The van der Waals surface area contributed by atoms with Gasteiger partial charge in [0, 0.05) is 6.61 Å². The van der Waals surface area contributed by atoms with Crippen LogP contribution in [0.4, 0.5) is 0 Å². The van der Waals surface area contributed by atoms with Gasteiger partial charge >= 0.3 is 0 Å². The fourth-order valence-corrected chi connectivity index (χ4v) is 5.80. The van der Waals surface area contributed by atoms with E-state index in [1.165, 1.54) is 0 Å². The molecule has 6 atom stereocenters. The van der Waals surface area contributed by atoms with Crippen molar-refractivity contribution in [3.63, 3.8) is 0 Å². The second kappa shape index (κ2) is 6.16. The maximum Gasteiger partial charge on any atom is 0.0797 e. The third kappa shape index (κ3) is 3.38. The molecule has 2 fully saturated rings. The van der Waals surface area contributed by atoms with E-state index in [-0.39, 0.29) is 23.4 Å². The largest absolute Gasteiger partial charge is 0.396 e. The lowest BCUT2D eigenvalue weighted by Gasteiger charge is -2.61. The number of aliphatic hydroxyl groups is 3. The minimum absolute atomic E-state index is 0.0225. The van der Waals surface area contributed by atoms with Gasteiger partial charge in [-0.05, 0) is 75.0 Å². The minimum atomic E-state index is -0.881. The maximum absolute atomic E-state index is 11.1. The zero-order chi connectivity index (χ0) is 17.5. The lowest BCUT2D eigenvalue weighted by molar-refractivity contribution is -0.182. The normalized spacial score (nSPS) is 46.7. The molecule has 2 aliphatic rings. The molecular formula is C20H36O3. The minimum Gasteiger partial charge on any atom is -0.396 e.